The lowest BCUT2D eigenvalue weighted by Crippen LogP contribution is -2.46. The molecule has 0 radical (unpaired) electrons. The fraction of sp³-hybridized carbons (Fsp3) is 0. The molecule has 0 unspecified atom stereocenters. The lowest BCUT2D eigenvalue weighted by molar-refractivity contribution is -0.118. The summed E-state index contributed by atoms with van der Waals surface area (Å²) in [5.74, 6) is 0.295. The van der Waals surface area contributed by atoms with Crippen LogP contribution in [0, 0.1) is 0 Å². The first-order valence-corrected chi connectivity index (χ1v) is 6.78. The zero-order valence-electron chi connectivity index (χ0n) is 11.0. The third kappa shape index (κ3) is 2.95. The minimum Gasteiger partial charge on any atom is -0.281 e. The van der Waals surface area contributed by atoms with Crippen LogP contribution in [0.1, 0.15) is 11.1 Å². The molecule has 0 aromatic heterocycles. The second-order valence-corrected chi connectivity index (χ2v) is 4.86. The maximum atomic E-state index is 11.9. The average molecular weight is 298 g/mol. The van der Waals surface area contributed by atoms with Gasteiger partial charge in [-0.15, -0.1) is 0 Å². The Morgan fingerprint density at radius 3 is 2.43 bits per heavy atom. The smallest absolute Gasteiger partial charge is 0.281 e. The van der Waals surface area contributed by atoms with Crippen LogP contribution >= 0.6 is 11.6 Å². The Kier molecular flexibility index (Phi) is 3.71. The van der Waals surface area contributed by atoms with Crippen LogP contribution in [0.25, 0.3) is 6.08 Å². The SMILES string of the molecule is O=C1NNC(c2ccccc2)=NC1=Cc1ccccc1Cl. The minimum atomic E-state index is -0.297. The summed E-state index contributed by atoms with van der Waals surface area (Å²) in [6.07, 6.45) is 1.67. The Labute approximate surface area is 127 Å². The summed E-state index contributed by atoms with van der Waals surface area (Å²) in [6.45, 7) is 0. The van der Waals surface area contributed by atoms with Crippen molar-refractivity contribution in [2.75, 3.05) is 0 Å². The average Bonchev–Trinajstić information content (AvgIpc) is 2.52. The van der Waals surface area contributed by atoms with E-state index in [1.807, 2.05) is 48.5 Å². The molecule has 1 amide bonds. The van der Waals surface area contributed by atoms with E-state index in [0.717, 1.165) is 11.1 Å². The van der Waals surface area contributed by atoms with E-state index in [-0.39, 0.29) is 5.91 Å². The quantitative estimate of drug-likeness (QED) is 0.838. The molecule has 2 aromatic rings. The number of hydrogen-bond donors (Lipinski definition) is 2. The van der Waals surface area contributed by atoms with E-state index in [2.05, 4.69) is 15.8 Å². The number of hydrogen-bond acceptors (Lipinski definition) is 3. The molecule has 2 aromatic carbocycles. The maximum Gasteiger partial charge on any atom is 0.288 e. The minimum absolute atomic E-state index is 0.297. The first kappa shape index (κ1) is 13.4. The molecule has 104 valence electrons. The summed E-state index contributed by atoms with van der Waals surface area (Å²) < 4.78 is 0. The van der Waals surface area contributed by atoms with Gasteiger partial charge in [-0.1, -0.05) is 60.1 Å². The van der Waals surface area contributed by atoms with Gasteiger partial charge >= 0.3 is 0 Å². The lowest BCUT2D eigenvalue weighted by atomic mass is 10.1. The Bertz CT molecular complexity index is 738. The molecule has 0 saturated carbocycles. The molecule has 4 nitrogen and oxygen atoms in total. The molecule has 21 heavy (non-hydrogen) atoms. The van der Waals surface area contributed by atoms with Gasteiger partial charge in [-0.3, -0.25) is 15.6 Å². The van der Waals surface area contributed by atoms with Crippen molar-refractivity contribution >= 4 is 29.4 Å². The fourth-order valence-corrected chi connectivity index (χ4v) is 2.14. The molecule has 0 bridgehead atoms. The van der Waals surface area contributed by atoms with E-state index >= 15 is 0 Å². The number of halogens is 1. The van der Waals surface area contributed by atoms with E-state index in [1.165, 1.54) is 0 Å². The van der Waals surface area contributed by atoms with Gasteiger partial charge in [0.2, 0.25) is 0 Å². The van der Waals surface area contributed by atoms with Crippen LogP contribution in [0.5, 0.6) is 0 Å². The number of carbonyl (C=O) groups is 1. The van der Waals surface area contributed by atoms with E-state index in [9.17, 15) is 4.79 Å². The topological polar surface area (TPSA) is 53.5 Å². The zero-order valence-corrected chi connectivity index (χ0v) is 11.8. The highest BCUT2D eigenvalue weighted by atomic mass is 35.5. The van der Waals surface area contributed by atoms with E-state index in [1.54, 1.807) is 12.1 Å². The predicted molar refractivity (Wildman–Crippen MR) is 83.7 cm³/mol. The van der Waals surface area contributed by atoms with Crippen LogP contribution in [-0.2, 0) is 4.79 Å². The molecule has 0 atom stereocenters. The van der Waals surface area contributed by atoms with Crippen LogP contribution in [0.4, 0.5) is 0 Å². The van der Waals surface area contributed by atoms with Crippen molar-refractivity contribution in [2.45, 2.75) is 0 Å². The van der Waals surface area contributed by atoms with Gasteiger partial charge in [0, 0.05) is 10.6 Å². The standard InChI is InChI=1S/C16H12ClN3O/c17-13-9-5-4-8-12(13)10-14-16(21)20-19-15(18-14)11-6-2-1-3-7-11/h1-10H,(H,18,19)(H,20,21). The summed E-state index contributed by atoms with van der Waals surface area (Å²) in [7, 11) is 0. The van der Waals surface area contributed by atoms with Gasteiger partial charge < -0.3 is 0 Å². The van der Waals surface area contributed by atoms with Crippen molar-refractivity contribution in [1.29, 1.82) is 0 Å². The van der Waals surface area contributed by atoms with E-state index in [4.69, 9.17) is 11.6 Å². The summed E-state index contributed by atoms with van der Waals surface area (Å²) in [5.41, 5.74) is 7.33. The Morgan fingerprint density at radius 1 is 0.952 bits per heavy atom. The number of nitrogens with one attached hydrogen (secondary N) is 2. The van der Waals surface area contributed by atoms with Crippen LogP contribution in [-0.4, -0.2) is 11.7 Å². The number of hydrazine groups is 1. The molecule has 2 N–H and O–H groups in total. The largest absolute Gasteiger partial charge is 0.288 e. The van der Waals surface area contributed by atoms with Gasteiger partial charge in [-0.25, -0.2) is 4.99 Å². The first-order chi connectivity index (χ1) is 10.2. The van der Waals surface area contributed by atoms with Crippen LogP contribution in [0.3, 0.4) is 0 Å². The Hall–Kier alpha value is -2.59. The molecule has 0 saturated heterocycles. The molecular weight excluding hydrogens is 286 g/mol. The van der Waals surface area contributed by atoms with Gasteiger partial charge in [0.15, 0.2) is 5.84 Å². The van der Waals surface area contributed by atoms with Crippen molar-refractivity contribution in [1.82, 2.24) is 10.9 Å². The van der Waals surface area contributed by atoms with Crippen LogP contribution in [0.2, 0.25) is 5.02 Å². The van der Waals surface area contributed by atoms with Gasteiger partial charge in [0.25, 0.3) is 5.91 Å². The molecule has 3 rings (SSSR count). The molecule has 1 heterocycles. The highest BCUT2D eigenvalue weighted by Crippen LogP contribution is 2.19. The number of benzene rings is 2. The van der Waals surface area contributed by atoms with Crippen molar-refractivity contribution in [3.05, 3.63) is 76.4 Å². The van der Waals surface area contributed by atoms with E-state index < -0.39 is 0 Å². The van der Waals surface area contributed by atoms with E-state index in [0.29, 0.717) is 16.6 Å². The van der Waals surface area contributed by atoms with Crippen LogP contribution in [0.15, 0.2) is 65.3 Å². The molecule has 0 aliphatic carbocycles. The number of aliphatic imine (C=N–C) groups is 1. The summed E-state index contributed by atoms with van der Waals surface area (Å²) in [4.78, 5) is 16.3. The molecular formula is C16H12ClN3O. The maximum absolute atomic E-state index is 11.9. The monoisotopic (exact) mass is 297 g/mol. The van der Waals surface area contributed by atoms with Crippen molar-refractivity contribution < 1.29 is 4.79 Å². The Balaban J connectivity index is 2.01. The number of rotatable bonds is 2. The molecule has 0 spiro atoms. The van der Waals surface area contributed by atoms with Gasteiger partial charge in [-0.05, 0) is 17.7 Å². The van der Waals surface area contributed by atoms with Crippen molar-refractivity contribution in [3.8, 4) is 0 Å². The normalized spacial score (nSPS) is 16.1. The van der Waals surface area contributed by atoms with Gasteiger partial charge in [-0.2, -0.15) is 0 Å². The third-order valence-electron chi connectivity index (χ3n) is 3.00. The highest BCUT2D eigenvalue weighted by Gasteiger charge is 2.17. The zero-order chi connectivity index (χ0) is 14.7. The molecule has 0 fully saturated rings. The van der Waals surface area contributed by atoms with Gasteiger partial charge in [0.05, 0.1) is 0 Å². The number of amides is 1. The van der Waals surface area contributed by atoms with Crippen LogP contribution < -0.4 is 10.9 Å². The third-order valence-corrected chi connectivity index (χ3v) is 3.35. The second kappa shape index (κ2) is 5.81. The summed E-state index contributed by atoms with van der Waals surface area (Å²) in [6, 6.07) is 16.9. The second-order valence-electron chi connectivity index (χ2n) is 4.46. The molecule has 5 heteroatoms. The molecule has 1 aliphatic heterocycles. The summed E-state index contributed by atoms with van der Waals surface area (Å²) >= 11 is 6.10. The predicted octanol–water partition coefficient (Wildman–Crippen LogP) is 2.76. The number of nitrogens with zero attached hydrogens (tertiary/aromatic N) is 1. The fourth-order valence-electron chi connectivity index (χ4n) is 1.95. The van der Waals surface area contributed by atoms with Gasteiger partial charge in [0.1, 0.15) is 5.70 Å². The number of carbonyl (C=O) groups excluding carboxylic acids is 1. The number of amidine groups is 1. The van der Waals surface area contributed by atoms with Crippen molar-refractivity contribution in [3.63, 3.8) is 0 Å². The van der Waals surface area contributed by atoms with Crippen molar-refractivity contribution in [2.24, 2.45) is 4.99 Å². The first-order valence-electron chi connectivity index (χ1n) is 6.41. The highest BCUT2D eigenvalue weighted by molar-refractivity contribution is 6.32. The molecule has 1 aliphatic rings. The summed E-state index contributed by atoms with van der Waals surface area (Å²) in [5, 5.41) is 0.577. The lowest BCUT2D eigenvalue weighted by Gasteiger charge is -2.17. The Morgan fingerprint density at radius 2 is 1.67 bits per heavy atom.